The van der Waals surface area contributed by atoms with Gasteiger partial charge in [0.15, 0.2) is 5.78 Å². The number of carboxylic acids is 6. The van der Waals surface area contributed by atoms with Crippen LogP contribution < -0.4 is 37.6 Å². The quantitative estimate of drug-likeness (QED) is 0.0295. The van der Waals surface area contributed by atoms with E-state index in [0.717, 1.165) is 0 Å². The Hall–Kier alpha value is -7.16. The summed E-state index contributed by atoms with van der Waals surface area (Å²) in [6, 6.07) is -1.43. The molecule has 26 nitrogen and oxygen atoms in total. The van der Waals surface area contributed by atoms with E-state index in [2.05, 4.69) is 33.9 Å². The minimum absolute atomic E-state index is 0.0461. The molecule has 1 aromatic carbocycles. The second kappa shape index (κ2) is 34.2. The second-order valence-corrected chi connectivity index (χ2v) is 17.1. The van der Waals surface area contributed by atoms with Gasteiger partial charge in [-0.2, -0.15) is 12.6 Å². The summed E-state index contributed by atoms with van der Waals surface area (Å²) < 4.78 is 0. The van der Waals surface area contributed by atoms with Gasteiger partial charge >= 0.3 is 41.8 Å². The number of urea groups is 1. The van der Waals surface area contributed by atoms with Gasteiger partial charge in [0.2, 0.25) is 23.6 Å². The standard InChI is InChI=1S/C45H65N7O19S/c46-28(39(61)49-32(22-38(59)60)40(62)50-33(24-72)44(69)70)23-47-35(55)18-14-26(41(63)64)21-34(54)31(20-25-10-6-5-7-11-25)48-36(56)13-9-4-2-1-3-8-12-27(53)15-16-29(42(65)66)51-45(71)52-30(43(67)68)17-19-37(57)58/h5-7,10-11,26,28-33,72H,1-4,8-9,12-24,46H2,(H,47,55)(H,48,56)(H,49,61)(H,50,62)(H,57,58)(H,59,60)(H,63,64)(H,65,66)(H,67,68)(H,69,70)(H2,51,52,71)/t26-,28+,29+,30+,31+,32+,33+/m1/s1. The smallest absolute Gasteiger partial charge is 0.327 e. The molecule has 0 aliphatic carbocycles. The predicted octanol–water partition coefficient (Wildman–Crippen LogP) is -0.403. The number of rotatable bonds is 39. The van der Waals surface area contributed by atoms with Crippen LogP contribution in [-0.4, -0.2) is 156 Å². The lowest BCUT2D eigenvalue weighted by Crippen LogP contribution is -2.57. The van der Waals surface area contributed by atoms with Gasteiger partial charge in [-0.25, -0.2) is 19.2 Å². The first kappa shape index (κ1) is 62.9. The van der Waals surface area contributed by atoms with Gasteiger partial charge in [-0.1, -0.05) is 56.0 Å². The molecule has 0 fully saturated rings. The Morgan fingerprint density at radius 1 is 0.500 bits per heavy atom. The Morgan fingerprint density at radius 3 is 1.57 bits per heavy atom. The number of carbonyl (C=O) groups is 13. The highest BCUT2D eigenvalue weighted by Gasteiger charge is 2.31. The van der Waals surface area contributed by atoms with Crippen LogP contribution in [0.25, 0.3) is 0 Å². The number of amides is 6. The van der Waals surface area contributed by atoms with Crippen molar-refractivity contribution in [1.82, 2.24) is 31.9 Å². The number of ketones is 2. The van der Waals surface area contributed by atoms with Crippen molar-refractivity contribution in [2.75, 3.05) is 12.3 Å². The fraction of sp³-hybridized carbons (Fsp3) is 0.578. The van der Waals surface area contributed by atoms with Crippen LogP contribution >= 0.6 is 12.6 Å². The molecule has 400 valence electrons. The SMILES string of the molecule is N[C@@H](CNC(=O)CC[C@H](CC(=O)[C@H](Cc1ccccc1)NC(=O)CCCCCCCCC(=O)CC[C@H](NC(=O)N[C@@H](CCC(=O)O)C(=O)O)C(=O)O)C(=O)O)C(=O)N[C@@H](CC(=O)O)C(=O)N[C@@H](CS)C(=O)O. The fourth-order valence-corrected chi connectivity index (χ4v) is 7.02. The summed E-state index contributed by atoms with van der Waals surface area (Å²) in [7, 11) is 0. The zero-order valence-electron chi connectivity index (χ0n) is 39.4. The van der Waals surface area contributed by atoms with Crippen LogP contribution in [0.2, 0.25) is 0 Å². The van der Waals surface area contributed by atoms with E-state index in [1.807, 2.05) is 10.6 Å². The molecular weight excluding hydrogens is 975 g/mol. The maximum Gasteiger partial charge on any atom is 0.327 e. The number of unbranched alkanes of at least 4 members (excludes halogenated alkanes) is 5. The lowest BCUT2D eigenvalue weighted by atomic mass is 9.91. The van der Waals surface area contributed by atoms with E-state index in [9.17, 15) is 82.8 Å². The van der Waals surface area contributed by atoms with Crippen molar-refractivity contribution >= 4 is 89.7 Å². The number of benzene rings is 1. The zero-order chi connectivity index (χ0) is 54.3. The average molecular weight is 1040 g/mol. The van der Waals surface area contributed by atoms with Gasteiger partial charge in [-0.15, -0.1) is 0 Å². The van der Waals surface area contributed by atoms with Crippen molar-refractivity contribution in [2.24, 2.45) is 11.7 Å². The molecule has 27 heteroatoms. The molecule has 0 bridgehead atoms. The second-order valence-electron chi connectivity index (χ2n) is 16.7. The van der Waals surface area contributed by atoms with Crippen LogP contribution in [0.15, 0.2) is 30.3 Å². The third-order valence-electron chi connectivity index (χ3n) is 10.9. The summed E-state index contributed by atoms with van der Waals surface area (Å²) in [5, 5.41) is 68.9. The van der Waals surface area contributed by atoms with Gasteiger partial charge in [-0.3, -0.25) is 43.2 Å². The van der Waals surface area contributed by atoms with E-state index in [1.165, 1.54) is 0 Å². The molecule has 0 heterocycles. The molecule has 7 atom stereocenters. The molecule has 0 saturated carbocycles. The van der Waals surface area contributed by atoms with Crippen LogP contribution in [0.5, 0.6) is 0 Å². The molecule has 0 aliphatic heterocycles. The summed E-state index contributed by atoms with van der Waals surface area (Å²) in [5.74, 6) is -14.6. The Kier molecular flexibility index (Phi) is 29.9. The number of carbonyl (C=O) groups excluding carboxylic acids is 7. The van der Waals surface area contributed by atoms with E-state index in [4.69, 9.17) is 15.9 Å². The average Bonchev–Trinajstić information content (AvgIpc) is 3.31. The first-order valence-electron chi connectivity index (χ1n) is 23.0. The first-order valence-corrected chi connectivity index (χ1v) is 23.6. The third kappa shape index (κ3) is 27.3. The molecule has 0 radical (unpaired) electrons. The highest BCUT2D eigenvalue weighted by atomic mass is 32.1. The van der Waals surface area contributed by atoms with Crippen LogP contribution in [0.1, 0.15) is 108 Å². The van der Waals surface area contributed by atoms with Crippen molar-refractivity contribution in [3.8, 4) is 0 Å². The number of Topliss-reactive ketones (excluding diaryl/α,β-unsaturated/α-hetero) is 2. The zero-order valence-corrected chi connectivity index (χ0v) is 40.3. The van der Waals surface area contributed by atoms with E-state index < -0.39 is 152 Å². The molecule has 0 aliphatic rings. The largest absolute Gasteiger partial charge is 0.481 e. The summed E-state index contributed by atoms with van der Waals surface area (Å²) in [6.07, 6.45) is 0.185. The Labute approximate surface area is 418 Å². The van der Waals surface area contributed by atoms with Crippen LogP contribution in [0.4, 0.5) is 4.79 Å². The van der Waals surface area contributed by atoms with Crippen LogP contribution in [0, 0.1) is 5.92 Å². The number of carboxylic acid groups (broad SMARTS) is 6. The normalized spacial score (nSPS) is 13.8. The molecule has 1 rings (SSSR count). The Morgan fingerprint density at radius 2 is 1.04 bits per heavy atom. The number of nitrogens with one attached hydrogen (secondary N) is 6. The van der Waals surface area contributed by atoms with Crippen LogP contribution in [0.3, 0.4) is 0 Å². The predicted molar refractivity (Wildman–Crippen MR) is 253 cm³/mol. The molecule has 1 aromatic rings. The van der Waals surface area contributed by atoms with Crippen molar-refractivity contribution in [3.05, 3.63) is 35.9 Å². The van der Waals surface area contributed by atoms with Crippen molar-refractivity contribution in [3.63, 3.8) is 0 Å². The highest BCUT2D eigenvalue weighted by molar-refractivity contribution is 7.80. The number of thiol groups is 1. The Balaban J connectivity index is 2.63. The van der Waals surface area contributed by atoms with E-state index >= 15 is 0 Å². The van der Waals surface area contributed by atoms with Crippen molar-refractivity contribution in [2.45, 2.75) is 145 Å². The molecule has 14 N–H and O–H groups in total. The molecule has 6 amide bonds. The monoisotopic (exact) mass is 1040 g/mol. The topological polar surface area (TPSA) is 441 Å². The molecule has 0 saturated heterocycles. The summed E-state index contributed by atoms with van der Waals surface area (Å²) in [4.78, 5) is 158. The number of hydrogen-bond donors (Lipinski definition) is 14. The highest BCUT2D eigenvalue weighted by Crippen LogP contribution is 2.17. The van der Waals surface area contributed by atoms with Crippen LogP contribution in [-0.2, 0) is 64.0 Å². The first-order chi connectivity index (χ1) is 33.9. The van der Waals surface area contributed by atoms with Crippen molar-refractivity contribution < 1.29 is 93.0 Å². The number of hydrogen-bond acceptors (Lipinski definition) is 15. The lowest BCUT2D eigenvalue weighted by molar-refractivity contribution is -0.145. The van der Waals surface area contributed by atoms with Gasteiger partial charge in [0.05, 0.1) is 18.4 Å². The van der Waals surface area contributed by atoms with Crippen molar-refractivity contribution in [1.29, 1.82) is 0 Å². The molecule has 0 spiro atoms. The molecule has 0 aromatic heterocycles. The minimum atomic E-state index is -1.73. The molecular formula is C45H65N7O19S. The Bertz CT molecular complexity index is 2060. The lowest BCUT2D eigenvalue weighted by Gasteiger charge is -2.21. The van der Waals surface area contributed by atoms with Gasteiger partial charge in [0, 0.05) is 50.8 Å². The maximum atomic E-state index is 13.6. The summed E-state index contributed by atoms with van der Waals surface area (Å²) in [5.41, 5.74) is 6.50. The molecule has 72 heavy (non-hydrogen) atoms. The van der Waals surface area contributed by atoms with E-state index in [-0.39, 0.29) is 50.1 Å². The van der Waals surface area contributed by atoms with Gasteiger partial charge in [0.1, 0.15) is 36.0 Å². The van der Waals surface area contributed by atoms with E-state index in [0.29, 0.717) is 44.1 Å². The number of nitrogens with two attached hydrogens (primary N) is 1. The van der Waals surface area contributed by atoms with Gasteiger partial charge in [0.25, 0.3) is 0 Å². The molecule has 0 unspecified atom stereocenters. The van der Waals surface area contributed by atoms with E-state index in [1.54, 1.807) is 30.3 Å². The van der Waals surface area contributed by atoms with Gasteiger partial charge < -0.3 is 68.3 Å². The fourth-order valence-electron chi connectivity index (χ4n) is 6.78. The number of aliphatic carboxylic acids is 6. The maximum absolute atomic E-state index is 13.6. The summed E-state index contributed by atoms with van der Waals surface area (Å²) in [6.45, 7) is -0.533. The van der Waals surface area contributed by atoms with Gasteiger partial charge in [-0.05, 0) is 44.1 Å². The third-order valence-corrected chi connectivity index (χ3v) is 11.2. The minimum Gasteiger partial charge on any atom is -0.481 e. The summed E-state index contributed by atoms with van der Waals surface area (Å²) >= 11 is 3.81.